The normalized spacial score (nSPS) is 21.2. The summed E-state index contributed by atoms with van der Waals surface area (Å²) in [6, 6.07) is 16.7. The summed E-state index contributed by atoms with van der Waals surface area (Å²) in [5.41, 5.74) is 2.05. The Bertz CT molecular complexity index is 1250. The molecule has 0 aromatic heterocycles. The Kier molecular flexibility index (Phi) is 7.22. The number of rotatable bonds is 7. The zero-order chi connectivity index (χ0) is 26.0. The minimum atomic E-state index is -0.658. The number of nitrogens with one attached hydrogen (secondary N) is 1. The van der Waals surface area contributed by atoms with E-state index in [-0.39, 0.29) is 17.9 Å². The van der Waals surface area contributed by atoms with E-state index in [0.29, 0.717) is 37.3 Å². The van der Waals surface area contributed by atoms with Gasteiger partial charge in [-0.1, -0.05) is 36.4 Å². The fourth-order valence-electron chi connectivity index (χ4n) is 5.23. The number of benzene rings is 3. The first-order chi connectivity index (χ1) is 17.8. The molecule has 2 heterocycles. The zero-order valence-corrected chi connectivity index (χ0v) is 20.7. The van der Waals surface area contributed by atoms with Gasteiger partial charge in [-0.2, -0.15) is 0 Å². The van der Waals surface area contributed by atoms with Crippen molar-refractivity contribution in [2.24, 2.45) is 0 Å². The second-order valence-electron chi connectivity index (χ2n) is 9.77. The molecule has 194 valence electrons. The number of ether oxygens (including phenoxy) is 1. The van der Waals surface area contributed by atoms with E-state index in [1.54, 1.807) is 29.2 Å². The summed E-state index contributed by atoms with van der Waals surface area (Å²) in [6.07, 6.45) is 0.677. The number of carbonyl (C=O) groups excluding carboxylic acids is 1. The number of amides is 2. The van der Waals surface area contributed by atoms with Crippen molar-refractivity contribution in [2.45, 2.75) is 24.9 Å². The van der Waals surface area contributed by atoms with Gasteiger partial charge < -0.3 is 15.0 Å². The topological polar surface area (TPSA) is 44.8 Å². The van der Waals surface area contributed by atoms with Crippen molar-refractivity contribution in [2.75, 3.05) is 39.4 Å². The average molecular weight is 510 g/mol. The van der Waals surface area contributed by atoms with E-state index in [2.05, 4.69) is 10.2 Å². The lowest BCUT2D eigenvalue weighted by Crippen LogP contribution is -2.45. The van der Waals surface area contributed by atoms with Crippen LogP contribution in [0.15, 0.2) is 66.7 Å². The van der Waals surface area contributed by atoms with Crippen molar-refractivity contribution in [3.05, 3.63) is 95.3 Å². The molecule has 2 aliphatic rings. The number of urea groups is 1. The number of morpholine rings is 1. The number of carbonyl (C=O) groups is 1. The molecular weight excluding hydrogens is 479 g/mol. The predicted molar refractivity (Wildman–Crippen MR) is 135 cm³/mol. The quantitative estimate of drug-likeness (QED) is 0.459. The average Bonchev–Trinajstić information content (AvgIpc) is 3.25. The van der Waals surface area contributed by atoms with Gasteiger partial charge in [-0.15, -0.1) is 0 Å². The fraction of sp³-hybridized carbons (Fsp3) is 0.345. The lowest BCUT2D eigenvalue weighted by molar-refractivity contribution is 0.0337. The van der Waals surface area contributed by atoms with E-state index >= 15 is 0 Å². The van der Waals surface area contributed by atoms with Gasteiger partial charge in [-0.3, -0.25) is 4.90 Å². The molecule has 3 aromatic rings. The molecular formula is C29H30F3N3O2. The Morgan fingerprint density at radius 2 is 1.62 bits per heavy atom. The van der Waals surface area contributed by atoms with E-state index in [4.69, 9.17) is 4.74 Å². The highest BCUT2D eigenvalue weighted by Crippen LogP contribution is 2.36. The summed E-state index contributed by atoms with van der Waals surface area (Å²) >= 11 is 0. The smallest absolute Gasteiger partial charge is 0.318 e. The van der Waals surface area contributed by atoms with E-state index in [1.807, 2.05) is 19.1 Å². The maximum atomic E-state index is 14.2. The molecule has 2 fully saturated rings. The summed E-state index contributed by atoms with van der Waals surface area (Å²) in [5.74, 6) is -1.56. The van der Waals surface area contributed by atoms with Gasteiger partial charge in [0.1, 0.15) is 17.5 Å². The van der Waals surface area contributed by atoms with Gasteiger partial charge in [0, 0.05) is 31.3 Å². The summed E-state index contributed by atoms with van der Waals surface area (Å²) in [7, 11) is 0. The second kappa shape index (κ2) is 10.6. The molecule has 2 amide bonds. The number of halogens is 3. The van der Waals surface area contributed by atoms with Crippen LogP contribution in [-0.2, 0) is 10.3 Å². The van der Waals surface area contributed by atoms with Gasteiger partial charge in [-0.25, -0.2) is 18.0 Å². The minimum absolute atomic E-state index is 0.188. The third-order valence-electron chi connectivity index (χ3n) is 7.51. The zero-order valence-electron chi connectivity index (χ0n) is 20.7. The number of hydrogen-bond acceptors (Lipinski definition) is 3. The van der Waals surface area contributed by atoms with Crippen molar-refractivity contribution >= 4 is 6.03 Å². The Morgan fingerprint density at radius 1 is 0.946 bits per heavy atom. The van der Waals surface area contributed by atoms with E-state index < -0.39 is 17.2 Å². The summed E-state index contributed by atoms with van der Waals surface area (Å²) in [6.45, 7) is 6.23. The molecule has 0 saturated carbocycles. The molecule has 5 rings (SSSR count). The first-order valence-corrected chi connectivity index (χ1v) is 12.5. The third-order valence-corrected chi connectivity index (χ3v) is 7.51. The third kappa shape index (κ3) is 5.36. The van der Waals surface area contributed by atoms with Crippen molar-refractivity contribution in [3.8, 4) is 11.1 Å². The van der Waals surface area contributed by atoms with Crippen LogP contribution >= 0.6 is 0 Å². The monoisotopic (exact) mass is 509 g/mol. The molecule has 2 unspecified atom stereocenters. The molecule has 37 heavy (non-hydrogen) atoms. The molecule has 0 spiro atoms. The van der Waals surface area contributed by atoms with Crippen molar-refractivity contribution in [1.29, 1.82) is 0 Å². The number of nitrogens with zero attached hydrogens (tertiary/aromatic N) is 2. The van der Waals surface area contributed by atoms with Crippen LogP contribution in [0.3, 0.4) is 0 Å². The van der Waals surface area contributed by atoms with Crippen LogP contribution in [-0.4, -0.2) is 55.2 Å². The summed E-state index contributed by atoms with van der Waals surface area (Å²) in [5, 5.41) is 3.21. The lowest BCUT2D eigenvalue weighted by atomic mass is 9.86. The molecule has 1 N–H and O–H groups in total. The van der Waals surface area contributed by atoms with Crippen molar-refractivity contribution < 1.29 is 22.7 Å². The van der Waals surface area contributed by atoms with E-state index in [9.17, 15) is 18.0 Å². The maximum Gasteiger partial charge on any atom is 0.318 e. The molecule has 2 atom stereocenters. The van der Waals surface area contributed by atoms with Crippen LogP contribution in [0.2, 0.25) is 0 Å². The molecule has 0 bridgehead atoms. The Hall–Kier alpha value is -3.36. The van der Waals surface area contributed by atoms with E-state index in [0.717, 1.165) is 36.8 Å². The first-order valence-electron chi connectivity index (χ1n) is 12.5. The molecule has 5 nitrogen and oxygen atoms in total. The minimum Gasteiger partial charge on any atom is -0.379 e. The summed E-state index contributed by atoms with van der Waals surface area (Å²) < 4.78 is 46.7. The second-order valence-corrected chi connectivity index (χ2v) is 9.77. The Balaban J connectivity index is 1.37. The van der Waals surface area contributed by atoms with Gasteiger partial charge >= 0.3 is 6.03 Å². The van der Waals surface area contributed by atoms with E-state index in [1.165, 1.54) is 24.3 Å². The first kappa shape index (κ1) is 25.3. The highest BCUT2D eigenvalue weighted by Gasteiger charge is 2.45. The standard InChI is InChI=1S/C29H30F3N3O2/c1-20(21-2-4-22(5-3-21)26-11-10-25(31)18-27(26)32)35-19-29(33-28(35)36,23-6-8-24(30)9-7-23)12-13-34-14-16-37-17-15-34/h2-11,18,20H,12-17,19H2,1H3,(H,33,36). The van der Waals surface area contributed by atoms with Gasteiger partial charge in [0.05, 0.1) is 31.3 Å². The maximum absolute atomic E-state index is 14.2. The summed E-state index contributed by atoms with van der Waals surface area (Å²) in [4.78, 5) is 17.4. The highest BCUT2D eigenvalue weighted by atomic mass is 19.1. The van der Waals surface area contributed by atoms with Gasteiger partial charge in [0.2, 0.25) is 0 Å². The SMILES string of the molecule is CC(c1ccc(-c2ccc(F)cc2F)cc1)N1CC(CCN2CCOCC2)(c2ccc(F)cc2)NC1=O. The molecule has 2 aliphatic heterocycles. The van der Waals surface area contributed by atoms with Crippen LogP contribution in [0.1, 0.15) is 30.5 Å². The van der Waals surface area contributed by atoms with Crippen LogP contribution < -0.4 is 5.32 Å². The molecule has 0 radical (unpaired) electrons. The van der Waals surface area contributed by atoms with Crippen molar-refractivity contribution in [1.82, 2.24) is 15.1 Å². The predicted octanol–water partition coefficient (Wildman–Crippen LogP) is 5.47. The van der Waals surface area contributed by atoms with Crippen LogP contribution in [0.4, 0.5) is 18.0 Å². The molecule has 8 heteroatoms. The van der Waals surface area contributed by atoms with Gasteiger partial charge in [-0.05, 0) is 54.3 Å². The van der Waals surface area contributed by atoms with Crippen molar-refractivity contribution in [3.63, 3.8) is 0 Å². The largest absolute Gasteiger partial charge is 0.379 e. The lowest BCUT2D eigenvalue weighted by Gasteiger charge is -2.34. The molecule has 0 aliphatic carbocycles. The van der Waals surface area contributed by atoms with Crippen LogP contribution in [0.25, 0.3) is 11.1 Å². The van der Waals surface area contributed by atoms with Crippen LogP contribution in [0.5, 0.6) is 0 Å². The van der Waals surface area contributed by atoms with Gasteiger partial charge in [0.25, 0.3) is 0 Å². The van der Waals surface area contributed by atoms with Crippen LogP contribution in [0, 0.1) is 17.5 Å². The number of hydrogen-bond donors (Lipinski definition) is 1. The highest BCUT2D eigenvalue weighted by molar-refractivity contribution is 5.79. The molecule has 3 aromatic carbocycles. The Labute approximate surface area is 214 Å². The fourth-order valence-corrected chi connectivity index (χ4v) is 5.23. The molecule has 2 saturated heterocycles. The van der Waals surface area contributed by atoms with Gasteiger partial charge in [0.15, 0.2) is 0 Å². The Morgan fingerprint density at radius 3 is 2.30 bits per heavy atom.